The van der Waals surface area contributed by atoms with Crippen molar-refractivity contribution in [1.82, 2.24) is 5.32 Å². The van der Waals surface area contributed by atoms with Crippen molar-refractivity contribution in [2.75, 3.05) is 18.6 Å². The van der Waals surface area contributed by atoms with Crippen LogP contribution in [0.1, 0.15) is 36.9 Å². The topological polar surface area (TPSA) is 46.2 Å². The Kier molecular flexibility index (Phi) is 5.37. The summed E-state index contributed by atoms with van der Waals surface area (Å²) in [5, 5.41) is 3.29. The van der Waals surface area contributed by atoms with Crippen LogP contribution in [-0.2, 0) is 21.8 Å². The highest BCUT2D eigenvalue weighted by Gasteiger charge is 2.15. The summed E-state index contributed by atoms with van der Waals surface area (Å²) in [6.45, 7) is 8.20. The van der Waals surface area contributed by atoms with Gasteiger partial charge in [0.1, 0.15) is 9.84 Å². The van der Waals surface area contributed by atoms with Gasteiger partial charge in [0.2, 0.25) is 0 Å². The molecule has 1 aromatic heterocycles. The van der Waals surface area contributed by atoms with Crippen LogP contribution in [0.5, 0.6) is 0 Å². The molecule has 0 amide bonds. The van der Waals surface area contributed by atoms with Crippen LogP contribution in [0.2, 0.25) is 0 Å². The fourth-order valence-electron chi connectivity index (χ4n) is 1.55. The molecule has 0 aliphatic heterocycles. The Morgan fingerprint density at radius 1 is 1.28 bits per heavy atom. The lowest BCUT2D eigenvalue weighted by Crippen LogP contribution is -2.17. The highest BCUT2D eigenvalue weighted by atomic mass is 32.2. The van der Waals surface area contributed by atoms with Gasteiger partial charge < -0.3 is 5.32 Å². The van der Waals surface area contributed by atoms with Crippen LogP contribution in [0.15, 0.2) is 12.1 Å². The normalized spacial score (nSPS) is 12.9. The quantitative estimate of drug-likeness (QED) is 0.819. The largest absolute Gasteiger partial charge is 0.312 e. The van der Waals surface area contributed by atoms with Crippen LogP contribution < -0.4 is 5.32 Å². The van der Waals surface area contributed by atoms with Crippen LogP contribution in [0.25, 0.3) is 0 Å². The predicted molar refractivity (Wildman–Crippen MR) is 79.1 cm³/mol. The monoisotopic (exact) mass is 289 g/mol. The second-order valence-corrected chi connectivity index (χ2v) is 9.10. The van der Waals surface area contributed by atoms with Gasteiger partial charge in [0, 0.05) is 22.6 Å². The van der Waals surface area contributed by atoms with Gasteiger partial charge in [0.05, 0.1) is 5.75 Å². The summed E-state index contributed by atoms with van der Waals surface area (Å²) in [6, 6.07) is 4.33. The summed E-state index contributed by atoms with van der Waals surface area (Å²) in [5.41, 5.74) is 0.208. The SMILES string of the molecule is CC(C)(C)c1ccc(CNCCCS(C)(=O)=O)s1. The van der Waals surface area contributed by atoms with Gasteiger partial charge in [0.25, 0.3) is 0 Å². The highest BCUT2D eigenvalue weighted by Crippen LogP contribution is 2.29. The van der Waals surface area contributed by atoms with E-state index in [9.17, 15) is 8.42 Å². The number of nitrogens with one attached hydrogen (secondary N) is 1. The van der Waals surface area contributed by atoms with Gasteiger partial charge >= 0.3 is 0 Å². The van der Waals surface area contributed by atoms with E-state index in [0.717, 1.165) is 13.1 Å². The molecule has 104 valence electrons. The van der Waals surface area contributed by atoms with Gasteiger partial charge in [-0.2, -0.15) is 0 Å². The second-order valence-electron chi connectivity index (χ2n) is 5.68. The Morgan fingerprint density at radius 2 is 1.94 bits per heavy atom. The summed E-state index contributed by atoms with van der Waals surface area (Å²) in [6.07, 6.45) is 1.96. The maximum Gasteiger partial charge on any atom is 0.147 e. The van der Waals surface area contributed by atoms with Crippen molar-refractivity contribution in [3.8, 4) is 0 Å². The molecule has 0 unspecified atom stereocenters. The first-order valence-corrected chi connectivity index (χ1v) is 9.04. The van der Waals surface area contributed by atoms with E-state index in [4.69, 9.17) is 0 Å². The molecule has 0 radical (unpaired) electrons. The lowest BCUT2D eigenvalue weighted by molar-refractivity contribution is 0.594. The van der Waals surface area contributed by atoms with Crippen LogP contribution in [0.4, 0.5) is 0 Å². The van der Waals surface area contributed by atoms with E-state index in [-0.39, 0.29) is 11.2 Å². The van der Waals surface area contributed by atoms with Crippen molar-refractivity contribution in [3.63, 3.8) is 0 Å². The Bertz CT molecular complexity index is 469. The van der Waals surface area contributed by atoms with Gasteiger partial charge in [-0.1, -0.05) is 20.8 Å². The second kappa shape index (κ2) is 6.17. The number of rotatable bonds is 6. The number of hydrogen-bond donors (Lipinski definition) is 1. The minimum Gasteiger partial charge on any atom is -0.312 e. The smallest absolute Gasteiger partial charge is 0.147 e. The van der Waals surface area contributed by atoms with Crippen LogP contribution in [0.3, 0.4) is 0 Å². The standard InChI is InChI=1S/C13H23NO2S2/c1-13(2,3)12-7-6-11(17-12)10-14-8-5-9-18(4,15)16/h6-7,14H,5,8-10H2,1-4H3. The van der Waals surface area contributed by atoms with Gasteiger partial charge in [-0.3, -0.25) is 0 Å². The molecule has 0 spiro atoms. The van der Waals surface area contributed by atoms with Crippen molar-refractivity contribution < 1.29 is 8.42 Å². The third-order valence-corrected chi connectivity index (χ3v) is 5.11. The zero-order valence-electron chi connectivity index (χ0n) is 11.6. The van der Waals surface area contributed by atoms with Crippen LogP contribution in [0, 0.1) is 0 Å². The summed E-state index contributed by atoms with van der Waals surface area (Å²) >= 11 is 1.82. The molecule has 0 saturated carbocycles. The molecule has 1 N–H and O–H groups in total. The molecule has 5 heteroatoms. The molecule has 0 atom stereocenters. The first kappa shape index (κ1) is 15.7. The van der Waals surface area contributed by atoms with Gasteiger partial charge in [-0.05, 0) is 30.5 Å². The Morgan fingerprint density at radius 3 is 2.44 bits per heavy atom. The molecule has 0 aliphatic rings. The summed E-state index contributed by atoms with van der Waals surface area (Å²) in [5.74, 6) is 0.262. The average molecular weight is 289 g/mol. The van der Waals surface area contributed by atoms with E-state index in [1.807, 2.05) is 11.3 Å². The molecule has 0 saturated heterocycles. The number of hydrogen-bond acceptors (Lipinski definition) is 4. The lowest BCUT2D eigenvalue weighted by Gasteiger charge is -2.15. The molecule has 0 aliphatic carbocycles. The van der Waals surface area contributed by atoms with Crippen molar-refractivity contribution in [2.45, 2.75) is 39.2 Å². The van der Waals surface area contributed by atoms with Crippen molar-refractivity contribution in [3.05, 3.63) is 21.9 Å². The van der Waals surface area contributed by atoms with Crippen LogP contribution >= 0.6 is 11.3 Å². The van der Waals surface area contributed by atoms with E-state index < -0.39 is 9.84 Å². The molecule has 0 fully saturated rings. The van der Waals surface area contributed by atoms with Gasteiger partial charge in [0.15, 0.2) is 0 Å². The van der Waals surface area contributed by atoms with Crippen molar-refractivity contribution >= 4 is 21.2 Å². The number of sulfone groups is 1. The van der Waals surface area contributed by atoms with Gasteiger partial charge in [-0.15, -0.1) is 11.3 Å². The maximum atomic E-state index is 11.0. The zero-order valence-corrected chi connectivity index (χ0v) is 13.2. The third kappa shape index (κ3) is 5.98. The summed E-state index contributed by atoms with van der Waals surface area (Å²) in [4.78, 5) is 2.69. The Labute approximate surface area is 115 Å². The molecule has 0 bridgehead atoms. The minimum absolute atomic E-state index is 0.208. The van der Waals surface area contributed by atoms with E-state index >= 15 is 0 Å². The fourth-order valence-corrected chi connectivity index (χ4v) is 3.25. The third-order valence-electron chi connectivity index (χ3n) is 2.57. The van der Waals surface area contributed by atoms with Crippen molar-refractivity contribution in [2.24, 2.45) is 0 Å². The van der Waals surface area contributed by atoms with E-state index in [0.29, 0.717) is 6.42 Å². The highest BCUT2D eigenvalue weighted by molar-refractivity contribution is 7.90. The summed E-state index contributed by atoms with van der Waals surface area (Å²) < 4.78 is 21.9. The first-order chi connectivity index (χ1) is 8.18. The molecular weight excluding hydrogens is 266 g/mol. The van der Waals surface area contributed by atoms with E-state index in [2.05, 4.69) is 38.2 Å². The van der Waals surface area contributed by atoms with E-state index in [1.165, 1.54) is 16.0 Å². The van der Waals surface area contributed by atoms with Gasteiger partial charge in [-0.25, -0.2) is 8.42 Å². The molecule has 18 heavy (non-hydrogen) atoms. The maximum absolute atomic E-state index is 11.0. The summed E-state index contributed by atoms with van der Waals surface area (Å²) in [7, 11) is -2.82. The molecule has 0 aromatic carbocycles. The lowest BCUT2D eigenvalue weighted by atomic mass is 9.95. The Balaban J connectivity index is 2.30. The first-order valence-electron chi connectivity index (χ1n) is 6.16. The predicted octanol–water partition coefficient (Wildman–Crippen LogP) is 2.57. The molecular formula is C13H23NO2S2. The minimum atomic E-state index is -2.82. The molecule has 3 nitrogen and oxygen atoms in total. The molecule has 1 aromatic rings. The average Bonchev–Trinajstić information content (AvgIpc) is 2.63. The molecule has 1 rings (SSSR count). The van der Waals surface area contributed by atoms with E-state index in [1.54, 1.807) is 0 Å². The number of thiophene rings is 1. The molecule has 1 heterocycles. The zero-order chi connectivity index (χ0) is 13.8. The van der Waals surface area contributed by atoms with Crippen molar-refractivity contribution in [1.29, 1.82) is 0 Å². The Hall–Kier alpha value is -0.390. The fraction of sp³-hybridized carbons (Fsp3) is 0.692. The van der Waals surface area contributed by atoms with Crippen LogP contribution in [-0.4, -0.2) is 27.0 Å².